The number of amides is 2. The monoisotopic (exact) mass is 364 g/mol. The fourth-order valence-corrected chi connectivity index (χ4v) is 3.86. The van der Waals surface area contributed by atoms with E-state index in [1.165, 1.54) is 5.69 Å². The van der Waals surface area contributed by atoms with E-state index in [1.54, 1.807) is 11.1 Å². The van der Waals surface area contributed by atoms with Gasteiger partial charge in [0, 0.05) is 51.0 Å². The molecule has 2 fully saturated rings. The van der Waals surface area contributed by atoms with E-state index < -0.39 is 0 Å². The molecule has 2 saturated heterocycles. The van der Waals surface area contributed by atoms with Crippen molar-refractivity contribution in [3.63, 3.8) is 0 Å². The zero-order chi connectivity index (χ0) is 18.6. The van der Waals surface area contributed by atoms with Crippen molar-refractivity contribution >= 4 is 17.5 Å². The first-order valence-electron chi connectivity index (χ1n) is 9.47. The first-order chi connectivity index (χ1) is 13.2. The fraction of sp³-hybridized carbons (Fsp3) is 0.381. The van der Waals surface area contributed by atoms with Crippen LogP contribution in [0.4, 0.5) is 5.69 Å². The van der Waals surface area contributed by atoms with E-state index in [4.69, 9.17) is 0 Å². The molecule has 2 amide bonds. The van der Waals surface area contributed by atoms with Gasteiger partial charge in [-0.15, -0.1) is 0 Å². The van der Waals surface area contributed by atoms with Crippen LogP contribution in [0.15, 0.2) is 54.7 Å². The molecule has 2 aliphatic heterocycles. The number of benzene rings is 1. The predicted octanol–water partition coefficient (Wildman–Crippen LogP) is 1.78. The summed E-state index contributed by atoms with van der Waals surface area (Å²) >= 11 is 0. The normalized spacial score (nSPS) is 20.2. The minimum absolute atomic E-state index is 0.0434. The zero-order valence-electron chi connectivity index (χ0n) is 15.3. The summed E-state index contributed by atoms with van der Waals surface area (Å²) < 4.78 is 0. The van der Waals surface area contributed by atoms with Crippen LogP contribution in [0.2, 0.25) is 0 Å². The summed E-state index contributed by atoms with van der Waals surface area (Å²) in [6, 6.07) is 16.0. The molecule has 27 heavy (non-hydrogen) atoms. The molecule has 0 spiro atoms. The third-order valence-corrected chi connectivity index (χ3v) is 5.36. The summed E-state index contributed by atoms with van der Waals surface area (Å²) in [5.41, 5.74) is 2.05. The highest BCUT2D eigenvalue weighted by molar-refractivity contribution is 5.89. The second-order valence-corrected chi connectivity index (χ2v) is 7.14. The van der Waals surface area contributed by atoms with E-state index in [1.807, 2.05) is 41.3 Å². The van der Waals surface area contributed by atoms with Crippen LogP contribution < -0.4 is 4.90 Å². The van der Waals surface area contributed by atoms with Crippen molar-refractivity contribution in [2.75, 3.05) is 37.6 Å². The van der Waals surface area contributed by atoms with Gasteiger partial charge in [0.15, 0.2) is 0 Å². The lowest BCUT2D eigenvalue weighted by molar-refractivity contribution is -0.136. The van der Waals surface area contributed by atoms with Gasteiger partial charge in [0.1, 0.15) is 0 Å². The maximum absolute atomic E-state index is 12.9. The Labute approximate surface area is 159 Å². The quantitative estimate of drug-likeness (QED) is 0.830. The van der Waals surface area contributed by atoms with Crippen molar-refractivity contribution in [2.24, 2.45) is 5.92 Å². The Morgan fingerprint density at radius 1 is 1.00 bits per heavy atom. The molecule has 0 bridgehead atoms. The van der Waals surface area contributed by atoms with Crippen molar-refractivity contribution in [2.45, 2.75) is 13.0 Å². The topological polar surface area (TPSA) is 56.8 Å². The lowest BCUT2D eigenvalue weighted by atomic mass is 10.1. The molecule has 2 aliphatic rings. The first kappa shape index (κ1) is 17.5. The maximum Gasteiger partial charge on any atom is 0.228 e. The van der Waals surface area contributed by atoms with Crippen molar-refractivity contribution in [3.8, 4) is 0 Å². The van der Waals surface area contributed by atoms with E-state index in [9.17, 15) is 9.59 Å². The molecule has 1 aromatic carbocycles. The Kier molecular flexibility index (Phi) is 5.05. The van der Waals surface area contributed by atoms with Crippen LogP contribution in [-0.4, -0.2) is 59.3 Å². The van der Waals surface area contributed by atoms with Gasteiger partial charge in [-0.1, -0.05) is 24.3 Å². The average Bonchev–Trinajstić information content (AvgIpc) is 3.09. The zero-order valence-corrected chi connectivity index (χ0v) is 15.3. The van der Waals surface area contributed by atoms with Crippen molar-refractivity contribution in [1.29, 1.82) is 0 Å². The molecule has 3 heterocycles. The van der Waals surface area contributed by atoms with Crippen LogP contribution in [0.25, 0.3) is 0 Å². The summed E-state index contributed by atoms with van der Waals surface area (Å²) in [6.07, 6.45) is 2.04. The van der Waals surface area contributed by atoms with Crippen LogP contribution in [0.3, 0.4) is 0 Å². The predicted molar refractivity (Wildman–Crippen MR) is 103 cm³/mol. The highest BCUT2D eigenvalue weighted by atomic mass is 16.2. The van der Waals surface area contributed by atoms with E-state index in [0.29, 0.717) is 32.6 Å². The molecule has 0 aliphatic carbocycles. The minimum atomic E-state index is -0.232. The number of carbonyl (C=O) groups is 2. The van der Waals surface area contributed by atoms with Gasteiger partial charge in [-0.3, -0.25) is 14.6 Å². The van der Waals surface area contributed by atoms with Crippen LogP contribution in [0, 0.1) is 5.92 Å². The Morgan fingerprint density at radius 3 is 2.44 bits per heavy atom. The molecule has 6 heteroatoms. The van der Waals surface area contributed by atoms with Gasteiger partial charge < -0.3 is 14.7 Å². The Hall–Kier alpha value is -2.89. The van der Waals surface area contributed by atoms with E-state index in [0.717, 1.165) is 18.8 Å². The Morgan fingerprint density at radius 2 is 1.74 bits per heavy atom. The smallest absolute Gasteiger partial charge is 0.228 e. The molecular formula is C21H24N4O2. The van der Waals surface area contributed by atoms with Gasteiger partial charge in [-0.05, 0) is 24.3 Å². The largest absolute Gasteiger partial charge is 0.368 e. The standard InChI is InChI=1S/C21H24N4O2/c26-20-14-17(15-25(20)16-18-6-4-5-9-22-18)21(27)24-12-10-23(11-13-24)19-7-2-1-3-8-19/h1-9,17H,10-16H2/t17-/m1/s1. The molecule has 0 unspecified atom stereocenters. The molecule has 1 aromatic heterocycles. The molecular weight excluding hydrogens is 340 g/mol. The average molecular weight is 364 g/mol. The van der Waals surface area contributed by atoms with Crippen molar-refractivity contribution in [1.82, 2.24) is 14.8 Å². The van der Waals surface area contributed by atoms with Gasteiger partial charge >= 0.3 is 0 Å². The number of hydrogen-bond acceptors (Lipinski definition) is 4. The van der Waals surface area contributed by atoms with Crippen LogP contribution >= 0.6 is 0 Å². The number of carbonyl (C=O) groups excluding carboxylic acids is 2. The minimum Gasteiger partial charge on any atom is -0.368 e. The number of piperazine rings is 1. The van der Waals surface area contributed by atoms with E-state index in [2.05, 4.69) is 22.0 Å². The highest BCUT2D eigenvalue weighted by Crippen LogP contribution is 2.23. The molecule has 0 saturated carbocycles. The second-order valence-electron chi connectivity index (χ2n) is 7.14. The molecule has 140 valence electrons. The Bertz CT molecular complexity index is 788. The number of nitrogens with zero attached hydrogens (tertiary/aromatic N) is 4. The molecule has 0 radical (unpaired) electrons. The van der Waals surface area contributed by atoms with E-state index in [-0.39, 0.29) is 17.7 Å². The van der Waals surface area contributed by atoms with Crippen LogP contribution in [-0.2, 0) is 16.1 Å². The lowest BCUT2D eigenvalue weighted by Crippen LogP contribution is -2.50. The van der Waals surface area contributed by atoms with Crippen LogP contribution in [0.5, 0.6) is 0 Å². The summed E-state index contributed by atoms with van der Waals surface area (Å²) in [6.45, 7) is 4.04. The summed E-state index contributed by atoms with van der Waals surface area (Å²) in [5.74, 6) is -0.0778. The van der Waals surface area contributed by atoms with Crippen LogP contribution in [0.1, 0.15) is 12.1 Å². The first-order valence-corrected chi connectivity index (χ1v) is 9.47. The molecule has 1 atom stereocenters. The number of hydrogen-bond donors (Lipinski definition) is 0. The number of likely N-dealkylation sites (tertiary alicyclic amines) is 1. The third-order valence-electron chi connectivity index (χ3n) is 5.36. The number of aromatic nitrogens is 1. The lowest BCUT2D eigenvalue weighted by Gasteiger charge is -2.37. The van der Waals surface area contributed by atoms with Gasteiger partial charge in [-0.2, -0.15) is 0 Å². The number of pyridine rings is 1. The summed E-state index contributed by atoms with van der Waals surface area (Å²) in [7, 11) is 0. The second kappa shape index (κ2) is 7.78. The molecule has 0 N–H and O–H groups in total. The SMILES string of the molecule is O=C1C[C@@H](C(=O)N2CCN(c3ccccc3)CC2)CN1Cc1ccccn1. The maximum atomic E-state index is 12.9. The van der Waals surface area contributed by atoms with Gasteiger partial charge in [0.05, 0.1) is 18.2 Å². The molecule has 2 aromatic rings. The Balaban J connectivity index is 1.32. The highest BCUT2D eigenvalue weighted by Gasteiger charge is 2.37. The summed E-state index contributed by atoms with van der Waals surface area (Å²) in [4.78, 5) is 35.5. The van der Waals surface area contributed by atoms with Crippen molar-refractivity contribution < 1.29 is 9.59 Å². The molecule has 6 nitrogen and oxygen atoms in total. The van der Waals surface area contributed by atoms with E-state index >= 15 is 0 Å². The fourth-order valence-electron chi connectivity index (χ4n) is 3.86. The van der Waals surface area contributed by atoms with Gasteiger partial charge in [-0.25, -0.2) is 0 Å². The number of rotatable bonds is 4. The number of anilines is 1. The third kappa shape index (κ3) is 3.94. The van der Waals surface area contributed by atoms with Gasteiger partial charge in [0.25, 0.3) is 0 Å². The summed E-state index contributed by atoms with van der Waals surface area (Å²) in [5, 5.41) is 0. The molecule has 4 rings (SSSR count). The number of para-hydroxylation sites is 1. The van der Waals surface area contributed by atoms with Crippen molar-refractivity contribution in [3.05, 3.63) is 60.4 Å². The van der Waals surface area contributed by atoms with Gasteiger partial charge in [0.2, 0.25) is 11.8 Å².